The van der Waals surface area contributed by atoms with Crippen LogP contribution in [0.2, 0.25) is 0 Å². The highest BCUT2D eigenvalue weighted by Crippen LogP contribution is 2.19. The minimum absolute atomic E-state index is 0.0161. The van der Waals surface area contributed by atoms with Crippen LogP contribution in [0.15, 0.2) is 36.9 Å². The van der Waals surface area contributed by atoms with Gasteiger partial charge in [-0.1, -0.05) is 0 Å². The van der Waals surface area contributed by atoms with E-state index in [4.69, 9.17) is 4.74 Å². The van der Waals surface area contributed by atoms with E-state index in [9.17, 15) is 4.79 Å². The maximum absolute atomic E-state index is 12.2. The zero-order valence-corrected chi connectivity index (χ0v) is 11.9. The summed E-state index contributed by atoms with van der Waals surface area (Å²) >= 11 is 0. The molecule has 2 atom stereocenters. The van der Waals surface area contributed by atoms with E-state index in [1.54, 1.807) is 29.4 Å². The molecule has 1 N–H and O–H groups in total. The number of carbonyl (C=O) groups excluding carboxylic acids is 1. The zero-order valence-electron chi connectivity index (χ0n) is 11.9. The lowest BCUT2D eigenvalue weighted by Crippen LogP contribution is -2.41. The average molecular weight is 286 g/mol. The molecule has 3 rings (SSSR count). The fraction of sp³-hybridized carbons (Fsp3) is 0.400. The number of nitrogens with zero attached hydrogens (tertiary/aromatic N) is 3. The molecule has 3 heterocycles. The number of ether oxygens (including phenoxy) is 1. The molecule has 1 amide bonds. The number of amides is 1. The SMILES string of the molecule is Cn1ccnc1C(=O)N[C@@H]1COC[C@H]1Cc1ccncc1. The molecule has 1 aliphatic heterocycles. The number of pyridine rings is 1. The fourth-order valence-electron chi connectivity index (χ4n) is 2.60. The minimum atomic E-state index is -0.155. The highest BCUT2D eigenvalue weighted by atomic mass is 16.5. The molecular formula is C15H18N4O2. The van der Waals surface area contributed by atoms with E-state index in [0.29, 0.717) is 19.0 Å². The molecule has 1 saturated heterocycles. The van der Waals surface area contributed by atoms with Crippen molar-refractivity contribution in [2.45, 2.75) is 12.5 Å². The van der Waals surface area contributed by atoms with Crippen LogP contribution in [0.5, 0.6) is 0 Å². The Morgan fingerprint density at radius 1 is 1.38 bits per heavy atom. The molecule has 0 saturated carbocycles. The van der Waals surface area contributed by atoms with Gasteiger partial charge in [0.25, 0.3) is 5.91 Å². The molecule has 110 valence electrons. The molecule has 0 unspecified atom stereocenters. The van der Waals surface area contributed by atoms with Crippen molar-refractivity contribution in [1.82, 2.24) is 19.9 Å². The van der Waals surface area contributed by atoms with E-state index in [1.165, 1.54) is 5.56 Å². The molecule has 2 aromatic heterocycles. The Kier molecular flexibility index (Phi) is 3.96. The van der Waals surface area contributed by atoms with E-state index in [0.717, 1.165) is 6.42 Å². The summed E-state index contributed by atoms with van der Waals surface area (Å²) in [6.45, 7) is 1.21. The fourth-order valence-corrected chi connectivity index (χ4v) is 2.60. The van der Waals surface area contributed by atoms with Crippen LogP contribution in [0, 0.1) is 5.92 Å². The van der Waals surface area contributed by atoms with E-state index in [-0.39, 0.29) is 17.9 Å². The van der Waals surface area contributed by atoms with Crippen LogP contribution in [-0.4, -0.2) is 39.7 Å². The number of hydrogen-bond donors (Lipinski definition) is 1. The van der Waals surface area contributed by atoms with Crippen LogP contribution < -0.4 is 5.32 Å². The van der Waals surface area contributed by atoms with Gasteiger partial charge in [0.05, 0.1) is 19.3 Å². The second kappa shape index (κ2) is 6.05. The summed E-state index contributed by atoms with van der Waals surface area (Å²) in [7, 11) is 1.81. The molecule has 0 bridgehead atoms. The number of hydrogen-bond acceptors (Lipinski definition) is 4. The summed E-state index contributed by atoms with van der Waals surface area (Å²) in [4.78, 5) is 20.3. The molecule has 1 fully saturated rings. The van der Waals surface area contributed by atoms with Crippen molar-refractivity contribution >= 4 is 5.91 Å². The number of nitrogens with one attached hydrogen (secondary N) is 1. The van der Waals surface area contributed by atoms with Gasteiger partial charge in [-0.05, 0) is 24.1 Å². The third-order valence-corrected chi connectivity index (χ3v) is 3.79. The second-order valence-electron chi connectivity index (χ2n) is 5.30. The topological polar surface area (TPSA) is 69.0 Å². The summed E-state index contributed by atoms with van der Waals surface area (Å²) in [5.41, 5.74) is 1.21. The molecule has 21 heavy (non-hydrogen) atoms. The molecule has 1 aliphatic rings. The molecule has 0 spiro atoms. The predicted molar refractivity (Wildman–Crippen MR) is 76.7 cm³/mol. The smallest absolute Gasteiger partial charge is 0.287 e. The van der Waals surface area contributed by atoms with Gasteiger partial charge in [0, 0.05) is 37.8 Å². The largest absolute Gasteiger partial charge is 0.379 e. The molecule has 6 nitrogen and oxygen atoms in total. The summed E-state index contributed by atoms with van der Waals surface area (Å²) in [6.07, 6.45) is 7.82. The van der Waals surface area contributed by atoms with Gasteiger partial charge in [-0.3, -0.25) is 9.78 Å². The zero-order chi connectivity index (χ0) is 14.7. The van der Waals surface area contributed by atoms with Crippen molar-refractivity contribution in [2.24, 2.45) is 13.0 Å². The Morgan fingerprint density at radius 3 is 2.90 bits per heavy atom. The Bertz CT molecular complexity index is 611. The minimum Gasteiger partial charge on any atom is -0.379 e. The summed E-state index contributed by atoms with van der Waals surface area (Å²) in [5, 5.41) is 3.03. The van der Waals surface area contributed by atoms with Crippen LogP contribution >= 0.6 is 0 Å². The lowest BCUT2D eigenvalue weighted by atomic mass is 9.95. The Balaban J connectivity index is 1.64. The predicted octanol–water partition coefficient (Wildman–Crippen LogP) is 0.803. The van der Waals surface area contributed by atoms with Crippen LogP contribution in [0.3, 0.4) is 0 Å². The van der Waals surface area contributed by atoms with Gasteiger partial charge in [0.1, 0.15) is 0 Å². The number of carbonyl (C=O) groups is 1. The lowest BCUT2D eigenvalue weighted by Gasteiger charge is -2.18. The van der Waals surface area contributed by atoms with Crippen LogP contribution in [0.25, 0.3) is 0 Å². The van der Waals surface area contributed by atoms with E-state index in [1.807, 2.05) is 19.2 Å². The van der Waals surface area contributed by atoms with Crippen molar-refractivity contribution in [2.75, 3.05) is 13.2 Å². The van der Waals surface area contributed by atoms with Gasteiger partial charge in [-0.2, -0.15) is 0 Å². The lowest BCUT2D eigenvalue weighted by molar-refractivity contribution is 0.0911. The first-order valence-corrected chi connectivity index (χ1v) is 6.99. The van der Waals surface area contributed by atoms with Gasteiger partial charge in [0.2, 0.25) is 0 Å². The maximum Gasteiger partial charge on any atom is 0.287 e. The molecule has 0 aromatic carbocycles. The van der Waals surface area contributed by atoms with Gasteiger partial charge < -0.3 is 14.6 Å². The Labute approximate surface area is 123 Å². The van der Waals surface area contributed by atoms with Crippen molar-refractivity contribution in [1.29, 1.82) is 0 Å². The van der Waals surface area contributed by atoms with E-state index < -0.39 is 0 Å². The van der Waals surface area contributed by atoms with Crippen molar-refractivity contribution in [3.05, 3.63) is 48.3 Å². The molecule has 0 aliphatic carbocycles. The van der Waals surface area contributed by atoms with E-state index >= 15 is 0 Å². The molecule has 6 heteroatoms. The van der Waals surface area contributed by atoms with E-state index in [2.05, 4.69) is 15.3 Å². The average Bonchev–Trinajstić information content (AvgIpc) is 3.10. The first kappa shape index (κ1) is 13.8. The van der Waals surface area contributed by atoms with Crippen molar-refractivity contribution < 1.29 is 9.53 Å². The normalized spacial score (nSPS) is 21.4. The number of rotatable bonds is 4. The quantitative estimate of drug-likeness (QED) is 0.902. The van der Waals surface area contributed by atoms with Crippen LogP contribution in [0.1, 0.15) is 16.2 Å². The van der Waals surface area contributed by atoms with Crippen molar-refractivity contribution in [3.8, 4) is 0 Å². The molecular weight excluding hydrogens is 268 g/mol. The van der Waals surface area contributed by atoms with Crippen LogP contribution in [0.4, 0.5) is 0 Å². The summed E-state index contributed by atoms with van der Waals surface area (Å²) < 4.78 is 7.24. The number of aryl methyl sites for hydroxylation is 1. The third kappa shape index (κ3) is 3.11. The molecule has 2 aromatic rings. The maximum atomic E-state index is 12.2. The Morgan fingerprint density at radius 2 is 2.19 bits per heavy atom. The van der Waals surface area contributed by atoms with Crippen LogP contribution in [-0.2, 0) is 18.2 Å². The third-order valence-electron chi connectivity index (χ3n) is 3.79. The Hall–Kier alpha value is -2.21. The van der Waals surface area contributed by atoms with Gasteiger partial charge in [-0.25, -0.2) is 4.98 Å². The van der Waals surface area contributed by atoms with Gasteiger partial charge in [-0.15, -0.1) is 0 Å². The second-order valence-corrected chi connectivity index (χ2v) is 5.30. The summed E-state index contributed by atoms with van der Waals surface area (Å²) in [6, 6.07) is 4.01. The van der Waals surface area contributed by atoms with Gasteiger partial charge >= 0.3 is 0 Å². The number of imidazole rings is 1. The standard InChI is InChI=1S/C15H18N4O2/c1-19-7-6-17-14(19)15(20)18-13-10-21-9-12(13)8-11-2-4-16-5-3-11/h2-7,12-13H,8-10H2,1H3,(H,18,20)/t12-,13-/m1/s1. The number of aromatic nitrogens is 3. The first-order valence-electron chi connectivity index (χ1n) is 6.99. The first-order chi connectivity index (χ1) is 10.2. The van der Waals surface area contributed by atoms with Crippen molar-refractivity contribution in [3.63, 3.8) is 0 Å². The highest BCUT2D eigenvalue weighted by Gasteiger charge is 2.30. The van der Waals surface area contributed by atoms with Gasteiger partial charge in [0.15, 0.2) is 5.82 Å². The highest BCUT2D eigenvalue weighted by molar-refractivity contribution is 5.91. The molecule has 0 radical (unpaired) electrons. The summed E-state index contributed by atoms with van der Waals surface area (Å²) in [5.74, 6) is 0.541. The monoisotopic (exact) mass is 286 g/mol.